The number of β-amino-alcohol motifs (C(OH)–C–C–N with tert-alkyl or cyclic N) is 1. The third-order valence-electron chi connectivity index (χ3n) is 7.77. The monoisotopic (exact) mass is 512 g/mol. The van der Waals surface area contributed by atoms with Gasteiger partial charge in [0.15, 0.2) is 11.5 Å². The minimum atomic E-state index is -0.594. The molecular weight excluding hydrogens is 484 g/mol. The van der Waals surface area contributed by atoms with E-state index in [2.05, 4.69) is 15.2 Å². The number of hydrogen-bond acceptors (Lipinski definition) is 6. The van der Waals surface area contributed by atoms with Gasteiger partial charge in [0, 0.05) is 47.5 Å². The maximum Gasteiger partial charge on any atom is 0.259 e. The molecule has 0 aliphatic carbocycles. The molecule has 194 valence electrons. The van der Waals surface area contributed by atoms with Gasteiger partial charge in [-0.05, 0) is 44.1 Å². The molecule has 4 aromatic rings. The van der Waals surface area contributed by atoms with Crippen molar-refractivity contribution in [1.82, 2.24) is 19.8 Å². The van der Waals surface area contributed by atoms with Crippen LogP contribution < -0.4 is 14.8 Å². The summed E-state index contributed by atoms with van der Waals surface area (Å²) in [6.07, 6.45) is 6.57. The number of ether oxygens (including phenoxy) is 2. The number of hydrogen-bond donors (Lipinski definition) is 3. The molecule has 1 saturated heterocycles. The summed E-state index contributed by atoms with van der Waals surface area (Å²) in [5, 5.41) is 15.1. The van der Waals surface area contributed by atoms with Crippen LogP contribution in [0.15, 0.2) is 48.8 Å². The summed E-state index contributed by atoms with van der Waals surface area (Å²) in [5.74, 6) is 0.231. The Bertz CT molecular complexity index is 1620. The number of rotatable bonds is 6. The van der Waals surface area contributed by atoms with E-state index >= 15 is 0 Å². The van der Waals surface area contributed by atoms with Gasteiger partial charge in [-0.2, -0.15) is 0 Å². The van der Waals surface area contributed by atoms with Crippen molar-refractivity contribution in [2.24, 2.45) is 0 Å². The molecule has 1 unspecified atom stereocenters. The van der Waals surface area contributed by atoms with E-state index in [1.807, 2.05) is 47.2 Å². The lowest BCUT2D eigenvalue weighted by atomic mass is 9.95. The Labute approximate surface area is 218 Å². The first-order valence-corrected chi connectivity index (χ1v) is 13.1. The lowest BCUT2D eigenvalue weighted by molar-refractivity contribution is -0.122. The van der Waals surface area contributed by atoms with Crippen LogP contribution in [0.2, 0.25) is 0 Å². The Balaban J connectivity index is 1.38. The first-order valence-electron chi connectivity index (χ1n) is 13.1. The fourth-order valence-corrected chi connectivity index (χ4v) is 6.06. The van der Waals surface area contributed by atoms with Crippen molar-refractivity contribution < 1.29 is 24.2 Å². The number of H-pyrrole nitrogens is 1. The summed E-state index contributed by atoms with van der Waals surface area (Å²) in [6, 6.07) is 11.4. The Kier molecular flexibility index (Phi) is 5.49. The lowest BCUT2D eigenvalue weighted by Crippen LogP contribution is -2.37. The minimum Gasteiger partial charge on any atom is -0.454 e. The molecule has 7 rings (SSSR count). The van der Waals surface area contributed by atoms with E-state index in [-0.39, 0.29) is 12.4 Å². The van der Waals surface area contributed by atoms with Crippen molar-refractivity contribution in [1.29, 1.82) is 0 Å². The molecule has 0 bridgehead atoms. The zero-order valence-electron chi connectivity index (χ0n) is 20.8. The van der Waals surface area contributed by atoms with Gasteiger partial charge < -0.3 is 29.0 Å². The number of nitrogens with one attached hydrogen (secondary N) is 2. The van der Waals surface area contributed by atoms with Gasteiger partial charge in [0.25, 0.3) is 11.8 Å². The number of carbonyl (C=O) groups is 2. The van der Waals surface area contributed by atoms with Crippen molar-refractivity contribution >= 4 is 44.8 Å². The van der Waals surface area contributed by atoms with Crippen molar-refractivity contribution in [2.75, 3.05) is 26.4 Å². The molecule has 0 spiro atoms. The molecule has 1 fully saturated rings. The topological polar surface area (TPSA) is 109 Å². The zero-order valence-corrected chi connectivity index (χ0v) is 20.8. The third-order valence-corrected chi connectivity index (χ3v) is 7.77. The van der Waals surface area contributed by atoms with Gasteiger partial charge in [0.05, 0.1) is 28.2 Å². The Hall–Kier alpha value is -4.08. The number of piperidine rings is 1. The number of para-hydroxylation sites is 1. The third kappa shape index (κ3) is 3.69. The van der Waals surface area contributed by atoms with Crippen LogP contribution in [0.1, 0.15) is 30.4 Å². The first-order chi connectivity index (χ1) is 18.6. The standard InChI is InChI=1S/C29H28N4O5/c34-17(13-32-10-4-1-5-11-32)14-33-15-20(24-22(33)8-9-23-27(24)38-16-37-23)26-25(28(35)31-29(26)36)19-12-30-21-7-3-2-6-18(19)21/h2-3,6-9,12,15,17,30,34H,1,4-5,10-11,13-14,16H2,(H,31,35,36). The highest BCUT2D eigenvalue weighted by Crippen LogP contribution is 2.46. The van der Waals surface area contributed by atoms with Crippen LogP contribution in [0.3, 0.4) is 0 Å². The molecule has 3 aliphatic rings. The van der Waals surface area contributed by atoms with E-state index in [1.165, 1.54) is 6.42 Å². The fraction of sp³-hybridized carbons (Fsp3) is 0.310. The molecule has 5 heterocycles. The van der Waals surface area contributed by atoms with Crippen LogP contribution in [-0.4, -0.2) is 63.9 Å². The number of imide groups is 1. The van der Waals surface area contributed by atoms with E-state index in [9.17, 15) is 14.7 Å². The normalized spacial score (nSPS) is 18.7. The van der Waals surface area contributed by atoms with Crippen molar-refractivity contribution in [3.05, 3.63) is 59.9 Å². The number of fused-ring (bicyclic) bond motifs is 4. The number of likely N-dealkylation sites (tertiary alicyclic amines) is 1. The number of aliphatic hydroxyl groups excluding tert-OH is 1. The molecule has 2 aromatic heterocycles. The average molecular weight is 513 g/mol. The van der Waals surface area contributed by atoms with E-state index in [0.717, 1.165) is 42.4 Å². The second kappa shape index (κ2) is 9.04. The van der Waals surface area contributed by atoms with Crippen molar-refractivity contribution in [2.45, 2.75) is 31.9 Å². The highest BCUT2D eigenvalue weighted by Gasteiger charge is 2.36. The predicted molar refractivity (Wildman–Crippen MR) is 143 cm³/mol. The maximum atomic E-state index is 13.3. The number of amides is 2. The van der Waals surface area contributed by atoms with Gasteiger partial charge in [0.2, 0.25) is 6.79 Å². The maximum absolute atomic E-state index is 13.3. The summed E-state index contributed by atoms with van der Waals surface area (Å²) in [7, 11) is 0. The smallest absolute Gasteiger partial charge is 0.259 e. The largest absolute Gasteiger partial charge is 0.454 e. The Morgan fingerprint density at radius 2 is 1.71 bits per heavy atom. The lowest BCUT2D eigenvalue weighted by Gasteiger charge is -2.28. The molecule has 9 nitrogen and oxygen atoms in total. The summed E-state index contributed by atoms with van der Waals surface area (Å²) in [4.78, 5) is 32.0. The predicted octanol–water partition coefficient (Wildman–Crippen LogP) is 3.27. The fourth-order valence-electron chi connectivity index (χ4n) is 6.06. The SMILES string of the molecule is O=C1NC(=O)C(c2cn(CC(O)CN3CCCCC3)c3ccc4c(c23)OCO4)=C1c1c[nH]c2ccccc12. The molecule has 3 aliphatic heterocycles. The highest BCUT2D eigenvalue weighted by atomic mass is 16.7. The van der Waals surface area contributed by atoms with Gasteiger partial charge in [-0.25, -0.2) is 0 Å². The summed E-state index contributed by atoms with van der Waals surface area (Å²) in [6.45, 7) is 3.00. The van der Waals surface area contributed by atoms with Crippen LogP contribution >= 0.6 is 0 Å². The zero-order chi connectivity index (χ0) is 25.8. The van der Waals surface area contributed by atoms with Gasteiger partial charge in [0.1, 0.15) is 0 Å². The average Bonchev–Trinajstić information content (AvgIpc) is 3.68. The molecule has 2 aromatic carbocycles. The number of carbonyl (C=O) groups excluding carboxylic acids is 2. The van der Waals surface area contributed by atoms with E-state index < -0.39 is 17.9 Å². The summed E-state index contributed by atoms with van der Waals surface area (Å²) < 4.78 is 13.5. The molecule has 0 radical (unpaired) electrons. The van der Waals surface area contributed by atoms with Crippen molar-refractivity contribution in [3.8, 4) is 11.5 Å². The summed E-state index contributed by atoms with van der Waals surface area (Å²) >= 11 is 0. The second-order valence-corrected chi connectivity index (χ2v) is 10.2. The van der Waals surface area contributed by atoms with E-state index in [1.54, 1.807) is 6.20 Å². The number of aromatic amines is 1. The quantitative estimate of drug-likeness (QED) is 0.342. The number of benzene rings is 2. The van der Waals surface area contributed by atoms with Crippen LogP contribution in [0.25, 0.3) is 33.0 Å². The van der Waals surface area contributed by atoms with Gasteiger partial charge in [-0.3, -0.25) is 14.9 Å². The molecule has 0 saturated carbocycles. The molecular formula is C29H28N4O5. The van der Waals surface area contributed by atoms with Crippen molar-refractivity contribution in [3.63, 3.8) is 0 Å². The minimum absolute atomic E-state index is 0.0795. The molecule has 1 atom stereocenters. The number of nitrogens with zero attached hydrogens (tertiary/aromatic N) is 2. The van der Waals surface area contributed by atoms with Gasteiger partial charge >= 0.3 is 0 Å². The van der Waals surface area contributed by atoms with Crippen LogP contribution in [0.4, 0.5) is 0 Å². The van der Waals surface area contributed by atoms with Crippen LogP contribution in [0.5, 0.6) is 11.5 Å². The van der Waals surface area contributed by atoms with Crippen LogP contribution in [0, 0.1) is 0 Å². The molecule has 3 N–H and O–H groups in total. The first kappa shape index (κ1) is 23.1. The van der Waals surface area contributed by atoms with Gasteiger partial charge in [-0.15, -0.1) is 0 Å². The van der Waals surface area contributed by atoms with E-state index in [0.29, 0.717) is 46.7 Å². The summed E-state index contributed by atoms with van der Waals surface area (Å²) in [5.41, 5.74) is 3.53. The molecule has 38 heavy (non-hydrogen) atoms. The highest BCUT2D eigenvalue weighted by molar-refractivity contribution is 6.51. The number of aliphatic hydroxyl groups is 1. The Morgan fingerprint density at radius 3 is 2.55 bits per heavy atom. The molecule has 2 amide bonds. The molecule has 9 heteroatoms. The Morgan fingerprint density at radius 1 is 0.921 bits per heavy atom. The van der Waals surface area contributed by atoms with Gasteiger partial charge in [-0.1, -0.05) is 24.6 Å². The number of aromatic nitrogens is 2. The van der Waals surface area contributed by atoms with Crippen LogP contribution in [-0.2, 0) is 16.1 Å². The van der Waals surface area contributed by atoms with E-state index in [4.69, 9.17) is 9.47 Å². The second-order valence-electron chi connectivity index (χ2n) is 10.2.